The Morgan fingerprint density at radius 2 is 2.12 bits per heavy atom. The Labute approximate surface area is 99.1 Å². The first kappa shape index (κ1) is 11.2. The summed E-state index contributed by atoms with van der Waals surface area (Å²) in [7, 11) is 0. The van der Waals surface area contributed by atoms with Gasteiger partial charge in [-0.05, 0) is 18.2 Å². The van der Waals surface area contributed by atoms with E-state index in [1.54, 1.807) is 24.4 Å². The van der Waals surface area contributed by atoms with Crippen molar-refractivity contribution in [3.63, 3.8) is 0 Å². The Morgan fingerprint density at radius 1 is 1.38 bits per heavy atom. The summed E-state index contributed by atoms with van der Waals surface area (Å²) in [6.07, 6.45) is 1.62. The maximum Gasteiger partial charge on any atom is 0.124 e. The van der Waals surface area contributed by atoms with E-state index in [9.17, 15) is 5.11 Å². The second-order valence-electron chi connectivity index (χ2n) is 3.51. The quantitative estimate of drug-likeness (QED) is 0.801. The second-order valence-corrected chi connectivity index (χ2v) is 3.95. The SMILES string of the molecule is Oc1ccc(Cl)cc1/C=N/N1CCOCC1. The molecule has 0 saturated carbocycles. The number of benzene rings is 1. The van der Waals surface area contributed by atoms with Crippen LogP contribution in [-0.2, 0) is 4.74 Å². The van der Waals surface area contributed by atoms with Gasteiger partial charge < -0.3 is 9.84 Å². The zero-order valence-electron chi connectivity index (χ0n) is 8.77. The van der Waals surface area contributed by atoms with Crippen molar-refractivity contribution in [2.45, 2.75) is 0 Å². The molecule has 0 bridgehead atoms. The molecule has 4 nitrogen and oxygen atoms in total. The monoisotopic (exact) mass is 240 g/mol. The molecular formula is C11H13ClN2O2. The molecule has 0 aromatic heterocycles. The highest BCUT2D eigenvalue weighted by Gasteiger charge is 2.07. The largest absolute Gasteiger partial charge is 0.507 e. The van der Waals surface area contributed by atoms with Gasteiger partial charge in [-0.25, -0.2) is 0 Å². The van der Waals surface area contributed by atoms with Crippen LogP contribution >= 0.6 is 11.6 Å². The number of hydrogen-bond acceptors (Lipinski definition) is 4. The van der Waals surface area contributed by atoms with Crippen molar-refractivity contribution in [3.8, 4) is 5.75 Å². The zero-order chi connectivity index (χ0) is 11.4. The first-order valence-corrected chi connectivity index (χ1v) is 5.49. The molecular weight excluding hydrogens is 228 g/mol. The van der Waals surface area contributed by atoms with Crippen LogP contribution in [0, 0.1) is 0 Å². The third-order valence-corrected chi connectivity index (χ3v) is 2.57. The summed E-state index contributed by atoms with van der Waals surface area (Å²) < 4.78 is 5.21. The lowest BCUT2D eigenvalue weighted by molar-refractivity contribution is 0.0397. The fraction of sp³-hybridized carbons (Fsp3) is 0.364. The number of ether oxygens (including phenoxy) is 1. The minimum Gasteiger partial charge on any atom is -0.507 e. The van der Waals surface area contributed by atoms with E-state index in [1.165, 1.54) is 0 Å². The van der Waals surface area contributed by atoms with Crippen LogP contribution in [0.15, 0.2) is 23.3 Å². The average Bonchev–Trinajstić information content (AvgIpc) is 2.32. The van der Waals surface area contributed by atoms with Crippen LogP contribution in [0.2, 0.25) is 5.02 Å². The summed E-state index contributed by atoms with van der Waals surface area (Å²) >= 11 is 5.83. The minimum absolute atomic E-state index is 0.182. The highest BCUT2D eigenvalue weighted by atomic mass is 35.5. The second kappa shape index (κ2) is 5.18. The molecule has 86 valence electrons. The average molecular weight is 241 g/mol. The fourth-order valence-corrected chi connectivity index (χ4v) is 1.62. The molecule has 1 aliphatic rings. The van der Waals surface area contributed by atoms with Crippen molar-refractivity contribution in [1.29, 1.82) is 0 Å². The third-order valence-electron chi connectivity index (χ3n) is 2.34. The predicted molar refractivity (Wildman–Crippen MR) is 63.1 cm³/mol. The topological polar surface area (TPSA) is 45.1 Å². The molecule has 0 aliphatic carbocycles. The lowest BCUT2D eigenvalue weighted by Crippen LogP contribution is -2.32. The van der Waals surface area contributed by atoms with Crippen molar-refractivity contribution in [3.05, 3.63) is 28.8 Å². The van der Waals surface area contributed by atoms with Gasteiger partial charge in [-0.15, -0.1) is 0 Å². The molecule has 0 spiro atoms. The molecule has 2 rings (SSSR count). The molecule has 1 aromatic carbocycles. The minimum atomic E-state index is 0.182. The molecule has 0 unspecified atom stereocenters. The molecule has 0 amide bonds. The Hall–Kier alpha value is -1.26. The van der Waals surface area contributed by atoms with E-state index in [1.807, 2.05) is 5.01 Å². The lowest BCUT2D eigenvalue weighted by atomic mass is 10.2. The maximum absolute atomic E-state index is 9.57. The molecule has 1 saturated heterocycles. The number of morpholine rings is 1. The summed E-state index contributed by atoms with van der Waals surface area (Å²) in [6.45, 7) is 2.94. The molecule has 1 N–H and O–H groups in total. The normalized spacial score (nSPS) is 16.9. The van der Waals surface area contributed by atoms with E-state index in [4.69, 9.17) is 16.3 Å². The number of aromatic hydroxyl groups is 1. The van der Waals surface area contributed by atoms with Crippen molar-refractivity contribution in [2.75, 3.05) is 26.3 Å². The van der Waals surface area contributed by atoms with Crippen molar-refractivity contribution in [2.24, 2.45) is 5.10 Å². The van der Waals surface area contributed by atoms with Gasteiger partial charge in [0, 0.05) is 10.6 Å². The van der Waals surface area contributed by atoms with Crippen molar-refractivity contribution < 1.29 is 9.84 Å². The molecule has 1 fully saturated rings. The van der Waals surface area contributed by atoms with Gasteiger partial charge in [0.25, 0.3) is 0 Å². The first-order chi connectivity index (χ1) is 7.75. The van der Waals surface area contributed by atoms with Gasteiger partial charge in [-0.3, -0.25) is 5.01 Å². The van der Waals surface area contributed by atoms with E-state index in [2.05, 4.69) is 5.10 Å². The van der Waals surface area contributed by atoms with Crippen LogP contribution in [0.25, 0.3) is 0 Å². The molecule has 1 aromatic rings. The number of rotatable bonds is 2. The van der Waals surface area contributed by atoms with Crippen LogP contribution in [-0.4, -0.2) is 42.6 Å². The number of nitrogens with zero attached hydrogens (tertiary/aromatic N) is 2. The predicted octanol–water partition coefficient (Wildman–Crippen LogP) is 1.71. The number of halogens is 1. The van der Waals surface area contributed by atoms with E-state index in [0.29, 0.717) is 23.8 Å². The Morgan fingerprint density at radius 3 is 2.88 bits per heavy atom. The van der Waals surface area contributed by atoms with Gasteiger partial charge in [0.05, 0.1) is 32.5 Å². The van der Waals surface area contributed by atoms with Crippen molar-refractivity contribution >= 4 is 17.8 Å². The highest BCUT2D eigenvalue weighted by molar-refractivity contribution is 6.30. The summed E-state index contributed by atoms with van der Waals surface area (Å²) in [5.74, 6) is 0.182. The molecule has 0 atom stereocenters. The van der Waals surface area contributed by atoms with Crippen LogP contribution in [0.5, 0.6) is 5.75 Å². The van der Waals surface area contributed by atoms with Crippen molar-refractivity contribution in [1.82, 2.24) is 5.01 Å². The highest BCUT2D eigenvalue weighted by Crippen LogP contribution is 2.19. The van der Waals surface area contributed by atoms with Gasteiger partial charge in [0.15, 0.2) is 0 Å². The molecule has 1 heterocycles. The Kier molecular flexibility index (Phi) is 3.64. The molecule has 5 heteroatoms. The zero-order valence-corrected chi connectivity index (χ0v) is 9.52. The van der Waals surface area contributed by atoms with Gasteiger partial charge >= 0.3 is 0 Å². The van der Waals surface area contributed by atoms with E-state index in [-0.39, 0.29) is 5.75 Å². The standard InChI is InChI=1S/C11H13ClN2O2/c12-10-1-2-11(15)9(7-10)8-13-14-3-5-16-6-4-14/h1-2,7-8,15H,3-6H2/b13-8+. The first-order valence-electron chi connectivity index (χ1n) is 5.11. The molecule has 0 radical (unpaired) electrons. The van der Waals surface area contributed by atoms with E-state index in [0.717, 1.165) is 13.1 Å². The summed E-state index contributed by atoms with van der Waals surface area (Å²) in [5.41, 5.74) is 0.624. The summed E-state index contributed by atoms with van der Waals surface area (Å²) in [4.78, 5) is 0. The fourth-order valence-electron chi connectivity index (χ4n) is 1.44. The summed E-state index contributed by atoms with van der Waals surface area (Å²) in [6, 6.07) is 4.88. The third kappa shape index (κ3) is 2.87. The summed E-state index contributed by atoms with van der Waals surface area (Å²) in [5, 5.41) is 16.3. The van der Waals surface area contributed by atoms with Crippen LogP contribution in [0.3, 0.4) is 0 Å². The van der Waals surface area contributed by atoms with Crippen LogP contribution in [0.1, 0.15) is 5.56 Å². The van der Waals surface area contributed by atoms with E-state index >= 15 is 0 Å². The van der Waals surface area contributed by atoms with Gasteiger partial charge in [0.2, 0.25) is 0 Å². The Bertz CT molecular complexity index is 390. The smallest absolute Gasteiger partial charge is 0.124 e. The van der Waals surface area contributed by atoms with Gasteiger partial charge in [-0.1, -0.05) is 11.6 Å². The number of phenolic OH excluding ortho intramolecular Hbond substituents is 1. The van der Waals surface area contributed by atoms with Gasteiger partial charge in [-0.2, -0.15) is 5.10 Å². The van der Waals surface area contributed by atoms with E-state index < -0.39 is 0 Å². The van der Waals surface area contributed by atoms with Gasteiger partial charge in [0.1, 0.15) is 5.75 Å². The number of phenols is 1. The maximum atomic E-state index is 9.57. The number of hydrazone groups is 1. The van der Waals surface area contributed by atoms with Crippen LogP contribution < -0.4 is 0 Å². The Balaban J connectivity index is 2.07. The molecule has 1 aliphatic heterocycles. The van der Waals surface area contributed by atoms with Crippen LogP contribution in [0.4, 0.5) is 0 Å². The number of hydrogen-bond donors (Lipinski definition) is 1. The lowest BCUT2D eigenvalue weighted by Gasteiger charge is -2.23. The molecule has 16 heavy (non-hydrogen) atoms.